The van der Waals surface area contributed by atoms with Gasteiger partial charge in [0.25, 0.3) is 0 Å². The number of anilines is 2. The molecule has 3 aromatic rings. The van der Waals surface area contributed by atoms with Gasteiger partial charge in [-0.3, -0.25) is 5.10 Å². The molecule has 1 aromatic heterocycles. The molecule has 0 aliphatic heterocycles. The van der Waals surface area contributed by atoms with Gasteiger partial charge in [0.2, 0.25) is 0 Å². The Labute approximate surface area is 166 Å². The lowest BCUT2D eigenvalue weighted by molar-refractivity contribution is -0.275. The van der Waals surface area contributed by atoms with Crippen LogP contribution in [0.25, 0.3) is 0 Å². The molecule has 0 amide bonds. The molecular weight excluding hydrogens is 414 g/mol. The molecule has 6 nitrogen and oxygen atoms in total. The summed E-state index contributed by atoms with van der Waals surface area (Å²) < 4.78 is 53.9. The summed E-state index contributed by atoms with van der Waals surface area (Å²) in [6, 6.07) is 11.5. The quantitative estimate of drug-likeness (QED) is 0.421. The highest BCUT2D eigenvalue weighted by Gasteiger charge is 2.32. The number of nitrogens with one attached hydrogen (secondary N) is 2. The summed E-state index contributed by atoms with van der Waals surface area (Å²) in [5.74, 6) is -1.89. The van der Waals surface area contributed by atoms with Crippen molar-refractivity contribution in [3.8, 4) is 11.8 Å². The molecule has 0 aliphatic carbocycles. The molecule has 2 N–H and O–H groups in total. The minimum atomic E-state index is -5.00. The molecule has 2 aromatic carbocycles. The molecule has 0 radical (unpaired) electrons. The maximum absolute atomic E-state index is 13.8. The zero-order chi connectivity index (χ0) is 21.0. The van der Waals surface area contributed by atoms with Crippen LogP contribution in [-0.2, 0) is 0 Å². The molecule has 11 heteroatoms. The van der Waals surface area contributed by atoms with E-state index in [1.165, 1.54) is 6.07 Å². The maximum Gasteiger partial charge on any atom is 0.573 e. The van der Waals surface area contributed by atoms with Crippen molar-refractivity contribution in [1.29, 1.82) is 5.26 Å². The van der Waals surface area contributed by atoms with Gasteiger partial charge in [-0.2, -0.15) is 10.4 Å². The lowest BCUT2D eigenvalue weighted by atomic mass is 10.2. The molecule has 1 heterocycles. The highest BCUT2D eigenvalue weighted by molar-refractivity contribution is 6.30. The SMILES string of the molecule is N#Cc1c(Nc2cccc(Cl)c2)n[nH]c1/N=C/c1ccc(OC(F)(F)F)c(F)c1. The Morgan fingerprint density at radius 1 is 1.24 bits per heavy atom. The monoisotopic (exact) mass is 423 g/mol. The van der Waals surface area contributed by atoms with Crippen molar-refractivity contribution in [2.45, 2.75) is 6.36 Å². The van der Waals surface area contributed by atoms with Gasteiger partial charge in [-0.25, -0.2) is 9.38 Å². The molecule has 0 fully saturated rings. The van der Waals surface area contributed by atoms with Crippen LogP contribution < -0.4 is 10.1 Å². The molecule has 148 valence electrons. The number of H-pyrrole nitrogens is 1. The molecule has 0 aliphatic rings. The highest BCUT2D eigenvalue weighted by Crippen LogP contribution is 2.28. The van der Waals surface area contributed by atoms with Crippen LogP contribution in [0.5, 0.6) is 5.75 Å². The van der Waals surface area contributed by atoms with E-state index in [0.717, 1.165) is 18.3 Å². The fraction of sp³-hybridized carbons (Fsp3) is 0.0556. The van der Waals surface area contributed by atoms with Crippen LogP contribution in [0, 0.1) is 17.1 Å². The summed E-state index contributed by atoms with van der Waals surface area (Å²) in [5, 5.41) is 19.3. The van der Waals surface area contributed by atoms with Crippen molar-refractivity contribution in [1.82, 2.24) is 10.2 Å². The molecule has 0 saturated heterocycles. The van der Waals surface area contributed by atoms with Crippen LogP contribution in [0.3, 0.4) is 0 Å². The van der Waals surface area contributed by atoms with Gasteiger partial charge in [-0.05, 0) is 42.0 Å². The minimum Gasteiger partial charge on any atom is -0.403 e. The number of aromatic nitrogens is 2. The van der Waals surface area contributed by atoms with Crippen molar-refractivity contribution in [3.05, 3.63) is 64.4 Å². The van der Waals surface area contributed by atoms with Gasteiger partial charge in [0.1, 0.15) is 11.6 Å². The second-order valence-electron chi connectivity index (χ2n) is 5.54. The number of alkyl halides is 3. The van der Waals surface area contributed by atoms with E-state index in [4.69, 9.17) is 11.6 Å². The summed E-state index contributed by atoms with van der Waals surface area (Å²) >= 11 is 5.91. The van der Waals surface area contributed by atoms with Crippen LogP contribution in [-0.4, -0.2) is 22.8 Å². The average Bonchev–Trinajstić information content (AvgIpc) is 3.02. The number of nitrogens with zero attached hydrogens (tertiary/aromatic N) is 3. The Morgan fingerprint density at radius 2 is 2.03 bits per heavy atom. The van der Waals surface area contributed by atoms with E-state index in [9.17, 15) is 22.8 Å². The van der Waals surface area contributed by atoms with E-state index in [-0.39, 0.29) is 22.8 Å². The fourth-order valence-electron chi connectivity index (χ4n) is 2.27. The Morgan fingerprint density at radius 3 is 2.69 bits per heavy atom. The van der Waals surface area contributed by atoms with Crippen LogP contribution in [0.4, 0.5) is 34.9 Å². The average molecular weight is 424 g/mol. The normalized spacial score (nSPS) is 11.4. The first-order valence-electron chi connectivity index (χ1n) is 7.85. The van der Waals surface area contributed by atoms with Crippen molar-refractivity contribution in [2.24, 2.45) is 4.99 Å². The predicted molar refractivity (Wildman–Crippen MR) is 98.4 cm³/mol. The van der Waals surface area contributed by atoms with Gasteiger partial charge >= 0.3 is 6.36 Å². The van der Waals surface area contributed by atoms with Gasteiger partial charge < -0.3 is 10.1 Å². The Hall–Kier alpha value is -3.58. The predicted octanol–water partition coefficient (Wildman–Crippen LogP) is 5.47. The van der Waals surface area contributed by atoms with Crippen LogP contribution in [0.15, 0.2) is 47.5 Å². The number of hydrogen-bond donors (Lipinski definition) is 2. The van der Waals surface area contributed by atoms with Gasteiger partial charge in [-0.15, -0.1) is 13.2 Å². The van der Waals surface area contributed by atoms with E-state index < -0.39 is 17.9 Å². The molecule has 29 heavy (non-hydrogen) atoms. The summed E-state index contributed by atoms with van der Waals surface area (Å²) in [4.78, 5) is 4.01. The Balaban J connectivity index is 1.80. The number of hydrogen-bond acceptors (Lipinski definition) is 5. The molecular formula is C18H10ClF4N5O. The number of halogens is 5. The third kappa shape index (κ3) is 5.24. The maximum atomic E-state index is 13.8. The first-order valence-corrected chi connectivity index (χ1v) is 8.23. The molecule has 0 unspecified atom stereocenters. The number of benzene rings is 2. The van der Waals surface area contributed by atoms with E-state index in [2.05, 4.69) is 25.2 Å². The van der Waals surface area contributed by atoms with E-state index in [0.29, 0.717) is 10.7 Å². The molecule has 0 spiro atoms. The summed E-state index contributed by atoms with van der Waals surface area (Å²) in [5.41, 5.74) is 0.831. The number of aliphatic imine (C=N–C) groups is 1. The van der Waals surface area contributed by atoms with Gasteiger partial charge in [0, 0.05) is 16.9 Å². The number of nitriles is 1. The smallest absolute Gasteiger partial charge is 0.403 e. The summed E-state index contributed by atoms with van der Waals surface area (Å²) in [6.07, 6.45) is -3.83. The van der Waals surface area contributed by atoms with Gasteiger partial charge in [0.05, 0.1) is 0 Å². The standard InChI is InChI=1S/C18H10ClF4N5O/c19-11-2-1-3-12(7-11)26-17-13(8-24)16(27-28-17)25-9-10-4-5-15(14(20)6-10)29-18(21,22)23/h1-7,9H,(H2,26,27,28)/b25-9+. The van der Waals surface area contributed by atoms with Gasteiger partial charge in [0.15, 0.2) is 23.2 Å². The number of aromatic amines is 1. The van der Waals surface area contributed by atoms with E-state index in [1.807, 2.05) is 6.07 Å². The molecule has 3 rings (SSSR count). The number of rotatable bonds is 5. The first-order chi connectivity index (χ1) is 13.7. The van der Waals surface area contributed by atoms with Crippen molar-refractivity contribution < 1.29 is 22.3 Å². The second-order valence-corrected chi connectivity index (χ2v) is 5.98. The molecule has 0 saturated carbocycles. The fourth-order valence-corrected chi connectivity index (χ4v) is 2.46. The second kappa shape index (κ2) is 8.20. The van der Waals surface area contributed by atoms with Gasteiger partial charge in [-0.1, -0.05) is 17.7 Å². The minimum absolute atomic E-state index is 0.0769. The van der Waals surface area contributed by atoms with E-state index in [1.54, 1.807) is 24.3 Å². The molecule has 0 bridgehead atoms. The van der Waals surface area contributed by atoms with Crippen LogP contribution in [0.1, 0.15) is 11.1 Å². The largest absolute Gasteiger partial charge is 0.573 e. The zero-order valence-corrected chi connectivity index (χ0v) is 15.0. The van der Waals surface area contributed by atoms with Crippen molar-refractivity contribution in [2.75, 3.05) is 5.32 Å². The lowest BCUT2D eigenvalue weighted by Gasteiger charge is -2.09. The summed E-state index contributed by atoms with van der Waals surface area (Å²) in [7, 11) is 0. The lowest BCUT2D eigenvalue weighted by Crippen LogP contribution is -2.18. The zero-order valence-electron chi connectivity index (χ0n) is 14.3. The number of ether oxygens (including phenoxy) is 1. The Kier molecular flexibility index (Phi) is 5.70. The topological polar surface area (TPSA) is 86.1 Å². The van der Waals surface area contributed by atoms with Crippen LogP contribution in [0.2, 0.25) is 5.02 Å². The van der Waals surface area contributed by atoms with Crippen LogP contribution >= 0.6 is 11.6 Å². The van der Waals surface area contributed by atoms with Crippen molar-refractivity contribution in [3.63, 3.8) is 0 Å². The van der Waals surface area contributed by atoms with Crippen molar-refractivity contribution >= 4 is 35.1 Å². The van der Waals surface area contributed by atoms with E-state index >= 15 is 0 Å². The first kappa shape index (κ1) is 20.2. The summed E-state index contributed by atoms with van der Waals surface area (Å²) in [6.45, 7) is 0. The molecule has 0 atom stereocenters. The highest BCUT2D eigenvalue weighted by atomic mass is 35.5. The third-order valence-electron chi connectivity index (χ3n) is 3.47. The Bertz CT molecular complexity index is 1100. The third-order valence-corrected chi connectivity index (χ3v) is 3.71.